The quantitative estimate of drug-likeness (QED) is 0.260. The lowest BCUT2D eigenvalue weighted by Gasteiger charge is -2.21. The fraction of sp³-hybridized carbons (Fsp3) is 0.385. The first-order chi connectivity index (χ1) is 17.4. The third-order valence-corrected chi connectivity index (χ3v) is 5.97. The molecule has 194 valence electrons. The first-order valence-corrected chi connectivity index (χ1v) is 12.9. The number of halogens is 2. The summed E-state index contributed by atoms with van der Waals surface area (Å²) in [4.78, 5) is 26.3. The molecule has 0 spiro atoms. The highest BCUT2D eigenvalue weighted by Gasteiger charge is 2.22. The van der Waals surface area contributed by atoms with E-state index in [-0.39, 0.29) is 30.6 Å². The Bertz CT molecular complexity index is 1110. The average molecular weight is 519 g/mol. The Morgan fingerprint density at radius 3 is 2.14 bits per heavy atom. The smallest absolute Gasteiger partial charge is 0.326 e. The second kappa shape index (κ2) is 15.0. The zero-order valence-corrected chi connectivity index (χ0v) is 21.9. The second-order valence-corrected chi connectivity index (χ2v) is 8.26. The van der Waals surface area contributed by atoms with E-state index in [9.17, 15) is 18.4 Å². The van der Waals surface area contributed by atoms with Crippen LogP contribution in [0.15, 0.2) is 53.7 Å². The van der Waals surface area contributed by atoms with Crippen LogP contribution in [-0.4, -0.2) is 45.5 Å². The van der Waals surface area contributed by atoms with Crippen LogP contribution in [0.3, 0.4) is 0 Å². The third kappa shape index (κ3) is 8.44. The van der Waals surface area contributed by atoms with Crippen molar-refractivity contribution in [2.24, 2.45) is 0 Å². The Morgan fingerprint density at radius 2 is 1.56 bits per heavy atom. The summed E-state index contributed by atoms with van der Waals surface area (Å²) in [6, 6.07) is 11.7. The van der Waals surface area contributed by atoms with Crippen molar-refractivity contribution in [2.75, 3.05) is 23.8 Å². The van der Waals surface area contributed by atoms with Crippen molar-refractivity contribution < 1.29 is 23.1 Å². The number of rotatable bonds is 11. The number of carbonyl (C=O) groups excluding carboxylic acids is 2. The number of esters is 1. The van der Waals surface area contributed by atoms with Crippen LogP contribution in [0.4, 0.5) is 14.5 Å². The van der Waals surface area contributed by atoms with E-state index in [1.54, 1.807) is 19.1 Å². The molecule has 0 aliphatic carbocycles. The maximum Gasteiger partial charge on any atom is 0.326 e. The normalized spacial score (nSPS) is 10.4. The van der Waals surface area contributed by atoms with E-state index in [4.69, 9.17) is 4.74 Å². The van der Waals surface area contributed by atoms with E-state index in [0.717, 1.165) is 11.4 Å². The van der Waals surface area contributed by atoms with E-state index >= 15 is 0 Å². The molecule has 1 amide bonds. The SMILES string of the molecule is CC.CCOC(=O)CN(C(=O)CSc1nnc(CCc2ccc(F)cc2)n1CC)c1ccc(F)cc1. The van der Waals surface area contributed by atoms with Gasteiger partial charge in [0.15, 0.2) is 5.16 Å². The molecule has 0 atom stereocenters. The van der Waals surface area contributed by atoms with E-state index in [0.29, 0.717) is 30.2 Å². The van der Waals surface area contributed by atoms with Crippen LogP contribution in [-0.2, 0) is 33.7 Å². The molecule has 0 saturated carbocycles. The number of benzene rings is 2. The zero-order valence-electron chi connectivity index (χ0n) is 21.0. The van der Waals surface area contributed by atoms with Gasteiger partial charge in [-0.15, -0.1) is 10.2 Å². The molecule has 10 heteroatoms. The number of thioether (sulfide) groups is 1. The second-order valence-electron chi connectivity index (χ2n) is 7.32. The van der Waals surface area contributed by atoms with Gasteiger partial charge in [-0.2, -0.15) is 0 Å². The molecular weight excluding hydrogens is 486 g/mol. The van der Waals surface area contributed by atoms with Gasteiger partial charge in [-0.3, -0.25) is 9.59 Å². The lowest BCUT2D eigenvalue weighted by atomic mass is 10.1. The summed E-state index contributed by atoms with van der Waals surface area (Å²) >= 11 is 1.21. The molecule has 7 nitrogen and oxygen atoms in total. The van der Waals surface area contributed by atoms with Crippen LogP contribution in [0.2, 0.25) is 0 Å². The Morgan fingerprint density at radius 1 is 0.944 bits per heavy atom. The fourth-order valence-electron chi connectivity index (χ4n) is 3.32. The number of ether oxygens (including phenoxy) is 1. The first-order valence-electron chi connectivity index (χ1n) is 11.9. The van der Waals surface area contributed by atoms with E-state index in [1.807, 2.05) is 25.3 Å². The number of aromatic nitrogens is 3. The fourth-order valence-corrected chi connectivity index (χ4v) is 4.22. The predicted molar refractivity (Wildman–Crippen MR) is 137 cm³/mol. The van der Waals surface area contributed by atoms with Gasteiger partial charge in [0.05, 0.1) is 12.4 Å². The minimum atomic E-state index is -0.551. The summed E-state index contributed by atoms with van der Waals surface area (Å²) in [5.74, 6) is -0.837. The van der Waals surface area contributed by atoms with Crippen molar-refractivity contribution >= 4 is 29.3 Å². The molecule has 1 heterocycles. The number of amides is 1. The third-order valence-electron chi connectivity index (χ3n) is 5.02. The van der Waals surface area contributed by atoms with Crippen LogP contribution in [0, 0.1) is 11.6 Å². The molecule has 3 aromatic rings. The number of hydrogen-bond acceptors (Lipinski definition) is 6. The molecule has 2 aromatic carbocycles. The highest BCUT2D eigenvalue weighted by Crippen LogP contribution is 2.21. The summed E-state index contributed by atoms with van der Waals surface area (Å²) < 4.78 is 33.4. The van der Waals surface area contributed by atoms with Crippen molar-refractivity contribution in [3.05, 3.63) is 71.6 Å². The maximum atomic E-state index is 13.3. The van der Waals surface area contributed by atoms with Gasteiger partial charge in [-0.25, -0.2) is 8.78 Å². The molecule has 0 unspecified atom stereocenters. The standard InChI is InChI=1S/C24H26F2N4O3S.C2H6/c1-3-29-21(14-7-17-5-8-18(25)9-6-17)27-28-24(29)34-16-22(31)30(15-23(32)33-4-2)20-12-10-19(26)11-13-20;1-2/h5-6,8-13H,3-4,7,14-16H2,1-2H3;1-2H3. The molecule has 0 aliphatic rings. The highest BCUT2D eigenvalue weighted by atomic mass is 32.2. The number of aryl methyl sites for hydroxylation is 2. The van der Waals surface area contributed by atoms with Crippen LogP contribution >= 0.6 is 11.8 Å². The van der Waals surface area contributed by atoms with Gasteiger partial charge >= 0.3 is 5.97 Å². The summed E-state index contributed by atoms with van der Waals surface area (Å²) in [6.07, 6.45) is 1.30. The number of anilines is 1. The summed E-state index contributed by atoms with van der Waals surface area (Å²) in [5, 5.41) is 9.07. The van der Waals surface area contributed by atoms with E-state index < -0.39 is 11.8 Å². The molecular formula is C26H32F2N4O3S. The summed E-state index contributed by atoms with van der Waals surface area (Å²) in [7, 11) is 0. The minimum absolute atomic E-state index is 0.00682. The number of nitrogens with zero attached hydrogens (tertiary/aromatic N) is 4. The van der Waals surface area contributed by atoms with Crippen molar-refractivity contribution in [3.63, 3.8) is 0 Å². The largest absolute Gasteiger partial charge is 0.465 e. The molecule has 36 heavy (non-hydrogen) atoms. The van der Waals surface area contributed by atoms with Crippen LogP contribution in [0.5, 0.6) is 0 Å². The Labute approximate surface area is 214 Å². The van der Waals surface area contributed by atoms with Crippen molar-refractivity contribution in [1.82, 2.24) is 14.8 Å². The molecule has 0 fully saturated rings. The average Bonchev–Trinajstić information content (AvgIpc) is 3.29. The molecule has 0 saturated heterocycles. The monoisotopic (exact) mass is 518 g/mol. The van der Waals surface area contributed by atoms with Gasteiger partial charge in [0.25, 0.3) is 0 Å². The first kappa shape index (κ1) is 29.0. The van der Waals surface area contributed by atoms with Gasteiger partial charge < -0.3 is 14.2 Å². The molecule has 0 radical (unpaired) electrons. The van der Waals surface area contributed by atoms with Crippen LogP contribution < -0.4 is 4.90 Å². The Kier molecular flexibility index (Phi) is 12.0. The van der Waals surface area contributed by atoms with Crippen molar-refractivity contribution in [2.45, 2.75) is 52.2 Å². The lowest BCUT2D eigenvalue weighted by Crippen LogP contribution is -2.37. The van der Waals surface area contributed by atoms with Crippen molar-refractivity contribution in [1.29, 1.82) is 0 Å². The van der Waals surface area contributed by atoms with Gasteiger partial charge in [-0.1, -0.05) is 37.7 Å². The highest BCUT2D eigenvalue weighted by molar-refractivity contribution is 7.99. The summed E-state index contributed by atoms with van der Waals surface area (Å²) in [6.45, 7) is 8.18. The van der Waals surface area contributed by atoms with E-state index in [2.05, 4.69) is 10.2 Å². The number of carbonyl (C=O) groups is 2. The minimum Gasteiger partial charge on any atom is -0.465 e. The lowest BCUT2D eigenvalue weighted by molar-refractivity contribution is -0.142. The van der Waals surface area contributed by atoms with Crippen LogP contribution in [0.1, 0.15) is 39.1 Å². The molecule has 0 bridgehead atoms. The Balaban J connectivity index is 0.00000222. The predicted octanol–water partition coefficient (Wildman–Crippen LogP) is 5.08. The van der Waals surface area contributed by atoms with Gasteiger partial charge in [-0.05, 0) is 62.2 Å². The van der Waals surface area contributed by atoms with Gasteiger partial charge in [0.1, 0.15) is 24.0 Å². The van der Waals surface area contributed by atoms with E-state index in [1.165, 1.54) is 53.1 Å². The van der Waals surface area contributed by atoms with Crippen LogP contribution in [0.25, 0.3) is 0 Å². The molecule has 1 aromatic heterocycles. The maximum absolute atomic E-state index is 13.3. The van der Waals surface area contributed by atoms with Gasteiger partial charge in [0, 0.05) is 18.7 Å². The summed E-state index contributed by atoms with van der Waals surface area (Å²) in [5.41, 5.74) is 1.39. The molecule has 3 rings (SSSR count). The van der Waals surface area contributed by atoms with Gasteiger partial charge in [0.2, 0.25) is 5.91 Å². The topological polar surface area (TPSA) is 77.3 Å². The van der Waals surface area contributed by atoms with Crippen molar-refractivity contribution in [3.8, 4) is 0 Å². The number of hydrogen-bond donors (Lipinski definition) is 0. The molecule has 0 N–H and O–H groups in total. The Hall–Kier alpha value is -3.27. The molecule has 0 aliphatic heterocycles. The zero-order chi connectivity index (χ0) is 26.5.